The predicted octanol–water partition coefficient (Wildman–Crippen LogP) is -5.39. The van der Waals surface area contributed by atoms with Gasteiger partial charge in [0.15, 0.2) is 0 Å². The Labute approximate surface area is 448 Å². The van der Waals surface area contributed by atoms with E-state index in [2.05, 4.69) is 128 Å². The number of hydrogen-bond donors (Lipinski definition) is 8. The van der Waals surface area contributed by atoms with Crippen molar-refractivity contribution in [1.82, 2.24) is 19.9 Å². The molecule has 0 spiro atoms. The normalized spacial score (nSPS) is 23.9. The number of quaternary nitrogens is 4. The molecule has 0 radical (unpaired) electrons. The van der Waals surface area contributed by atoms with Crippen molar-refractivity contribution < 1.29 is 79.6 Å². The molecule has 4 aromatic heterocycles. The quantitative estimate of drug-likeness (QED) is 0.0736. The molecule has 8 N–H and O–H groups in total. The number of rotatable bonds is 10. The van der Waals surface area contributed by atoms with Gasteiger partial charge < -0.3 is 79.6 Å². The van der Waals surface area contributed by atoms with Gasteiger partial charge in [-0.15, -0.1) is 0 Å². The fourth-order valence-corrected chi connectivity index (χ4v) is 10.3. The van der Waals surface area contributed by atoms with Crippen LogP contribution in [0.1, 0.15) is 143 Å². The van der Waals surface area contributed by atoms with E-state index in [1.54, 1.807) is 19.6 Å². The maximum atomic E-state index is 9.63. The molecule has 12 atom stereocenters. The van der Waals surface area contributed by atoms with Crippen LogP contribution in [0.25, 0.3) is 0 Å². The summed E-state index contributed by atoms with van der Waals surface area (Å²) in [6.45, 7) is 22.2. The lowest BCUT2D eigenvalue weighted by atomic mass is 10.0. The molecule has 8 rings (SSSR count). The van der Waals surface area contributed by atoms with Crippen LogP contribution >= 0.6 is 0 Å². The Morgan fingerprint density at radius 2 is 0.566 bits per heavy atom. The Bertz CT molecular complexity index is 2190. The topological polar surface area (TPSA) is 311 Å². The maximum absolute atomic E-state index is 9.63. The fourth-order valence-electron chi connectivity index (χ4n) is 10.3. The first-order chi connectivity index (χ1) is 35.7. The Balaban J connectivity index is 0.000000242. The van der Waals surface area contributed by atoms with E-state index in [1.165, 1.54) is 145 Å². The van der Waals surface area contributed by atoms with E-state index in [4.69, 9.17) is 20.4 Å². The van der Waals surface area contributed by atoms with Gasteiger partial charge in [0, 0.05) is 121 Å². The third-order valence-corrected chi connectivity index (χ3v) is 14.8. The third-order valence-electron chi connectivity index (χ3n) is 14.8. The lowest BCUT2D eigenvalue weighted by Gasteiger charge is -2.18. The van der Waals surface area contributed by atoms with Crippen LogP contribution in [0.3, 0.4) is 0 Å². The highest BCUT2D eigenvalue weighted by atomic mass is 16.4. The summed E-state index contributed by atoms with van der Waals surface area (Å²) in [6.07, 6.45) is 8.76. The van der Waals surface area contributed by atoms with E-state index in [9.17, 15) is 39.6 Å². The van der Waals surface area contributed by atoms with Crippen molar-refractivity contribution in [2.75, 3.05) is 54.4 Å². The average molecular weight is 1060 g/mol. The lowest BCUT2D eigenvalue weighted by Crippen LogP contribution is -3.07. The van der Waals surface area contributed by atoms with Crippen molar-refractivity contribution in [1.29, 1.82) is 0 Å². The number of aliphatic hydroxyl groups excluding tert-OH is 4. The summed E-state index contributed by atoms with van der Waals surface area (Å²) in [6, 6.07) is 12.0. The number of likely N-dealkylation sites (tertiary alicyclic amines) is 4. The van der Waals surface area contributed by atoms with Crippen molar-refractivity contribution in [2.45, 2.75) is 155 Å². The first kappa shape index (κ1) is 64.4. The summed E-state index contributed by atoms with van der Waals surface area (Å²) < 4.78 is 0. The smallest absolute Gasteiger partial charge is 0.124 e. The minimum atomic E-state index is -2.44. The molecule has 4 aliphatic heterocycles. The van der Waals surface area contributed by atoms with Crippen LogP contribution < -0.4 is 40.0 Å². The molecule has 420 valence electrons. The monoisotopic (exact) mass is 1060 g/mol. The molecule has 0 aromatic carbocycles. The molecular weight excluding hydrogens is 977 g/mol. The molecule has 76 heavy (non-hydrogen) atoms. The van der Waals surface area contributed by atoms with Gasteiger partial charge in [-0.05, 0) is 102 Å². The summed E-state index contributed by atoms with van der Waals surface area (Å²) in [5.74, 6) is -8.23. The number of carboxylic acid groups (broad SMARTS) is 4. The summed E-state index contributed by atoms with van der Waals surface area (Å²) in [7, 11) is 9.16. The van der Waals surface area contributed by atoms with Gasteiger partial charge in [0.25, 0.3) is 0 Å². The number of carbonyl (C=O) groups excluding carboxylic acids is 4. The molecule has 8 heterocycles. The molecular formula is C56H84N8O12. The Hall–Kier alpha value is -5.84. The van der Waals surface area contributed by atoms with Crippen LogP contribution in [0.5, 0.6) is 0 Å². The van der Waals surface area contributed by atoms with Crippen LogP contribution in [0.4, 0.5) is 0 Å². The zero-order chi connectivity index (χ0) is 57.1. The van der Waals surface area contributed by atoms with E-state index in [-0.39, 0.29) is 0 Å². The number of aliphatic carboxylic acids is 4. The molecule has 4 fully saturated rings. The highest BCUT2D eigenvalue weighted by Crippen LogP contribution is 2.25. The van der Waals surface area contributed by atoms with Crippen LogP contribution in [0.2, 0.25) is 0 Å². The summed E-state index contributed by atoms with van der Waals surface area (Å²) in [5, 5.41) is 71.5. The van der Waals surface area contributed by atoms with Gasteiger partial charge >= 0.3 is 0 Å². The Kier molecular flexibility index (Phi) is 26.1. The fraction of sp³-hybridized carbons (Fsp3) is 0.571. The van der Waals surface area contributed by atoms with Crippen molar-refractivity contribution in [2.24, 2.45) is 0 Å². The number of hydrogen-bond acceptors (Lipinski definition) is 16. The number of nitrogens with one attached hydrogen (secondary N) is 4. The number of nitrogens with zero attached hydrogens (tertiary/aromatic N) is 4. The van der Waals surface area contributed by atoms with Crippen LogP contribution in [0.15, 0.2) is 49.1 Å². The SMILES string of the molecule is Cc1cnc(C)c([C@@H]2CCC[NH+]2C)c1.Cc1cnc(C)c([C@@H]2CCC[NH+]2C)c1.Cc1cnc(C)c([C@@H]2CCC[NH+]2C)c1.Cc1cnc(C)c([C@@H]2CCC[NH+]2C)c1.O=C([O-])C(O)C(O)C(=O)[O-].O=C([O-])C(O)C(O)C(=O)[O-]. The van der Waals surface area contributed by atoms with Gasteiger partial charge in [-0.2, -0.15) is 0 Å². The van der Waals surface area contributed by atoms with Crippen LogP contribution in [-0.2, 0) is 19.2 Å². The van der Waals surface area contributed by atoms with Gasteiger partial charge in [-0.3, -0.25) is 19.9 Å². The van der Waals surface area contributed by atoms with Gasteiger partial charge in [0.1, 0.15) is 48.6 Å². The second kappa shape index (κ2) is 30.8. The Morgan fingerprint density at radius 3 is 0.697 bits per heavy atom. The Morgan fingerprint density at radius 1 is 0.395 bits per heavy atom. The number of aromatic nitrogens is 4. The summed E-state index contributed by atoms with van der Waals surface area (Å²) in [5.41, 5.74) is 15.8. The number of aryl methyl sites for hydroxylation is 8. The largest absolute Gasteiger partial charge is 0.547 e. The summed E-state index contributed by atoms with van der Waals surface area (Å²) in [4.78, 5) is 62.9. The average Bonchev–Trinajstić information content (AvgIpc) is 4.21. The minimum Gasteiger partial charge on any atom is -0.547 e. The minimum absolute atomic E-state index is 0.683. The van der Waals surface area contributed by atoms with Crippen molar-refractivity contribution in [3.8, 4) is 0 Å². The molecule has 0 amide bonds. The van der Waals surface area contributed by atoms with Crippen molar-refractivity contribution in [3.05, 3.63) is 116 Å². The zero-order valence-electron chi connectivity index (χ0n) is 46.6. The first-order valence-corrected chi connectivity index (χ1v) is 26.2. The van der Waals surface area contributed by atoms with E-state index in [0.29, 0.717) is 24.2 Å². The zero-order valence-corrected chi connectivity index (χ0v) is 46.6. The second-order valence-electron chi connectivity index (χ2n) is 21.0. The van der Waals surface area contributed by atoms with Gasteiger partial charge in [-0.1, -0.05) is 0 Å². The molecule has 4 saturated heterocycles. The van der Waals surface area contributed by atoms with E-state index >= 15 is 0 Å². The van der Waals surface area contributed by atoms with E-state index in [0.717, 1.165) is 0 Å². The molecule has 0 bridgehead atoms. The highest BCUT2D eigenvalue weighted by molar-refractivity contribution is 5.81. The third kappa shape index (κ3) is 19.3. The number of carboxylic acids is 4. The highest BCUT2D eigenvalue weighted by Gasteiger charge is 2.31. The molecule has 0 saturated carbocycles. The lowest BCUT2D eigenvalue weighted by molar-refractivity contribution is -0.898. The number of pyridine rings is 4. The first-order valence-electron chi connectivity index (χ1n) is 26.2. The molecule has 20 nitrogen and oxygen atoms in total. The van der Waals surface area contributed by atoms with Crippen molar-refractivity contribution >= 4 is 23.9 Å². The van der Waals surface area contributed by atoms with Crippen LogP contribution in [0, 0.1) is 55.4 Å². The predicted molar refractivity (Wildman–Crippen MR) is 274 cm³/mol. The van der Waals surface area contributed by atoms with E-state index in [1.807, 2.05) is 24.8 Å². The maximum Gasteiger partial charge on any atom is 0.124 e. The van der Waals surface area contributed by atoms with Crippen molar-refractivity contribution in [3.63, 3.8) is 0 Å². The number of carbonyl (C=O) groups is 4. The molecule has 20 heteroatoms. The number of aliphatic hydroxyl groups is 4. The molecule has 0 aliphatic carbocycles. The van der Waals surface area contributed by atoms with Gasteiger partial charge in [0.2, 0.25) is 0 Å². The molecule has 8 unspecified atom stereocenters. The molecule has 4 aromatic rings. The van der Waals surface area contributed by atoms with Gasteiger partial charge in [0.05, 0.1) is 78.2 Å². The van der Waals surface area contributed by atoms with Crippen LogP contribution in [-0.4, -0.2) is 143 Å². The van der Waals surface area contributed by atoms with Gasteiger partial charge in [-0.25, -0.2) is 0 Å². The molecule has 4 aliphatic rings. The second-order valence-corrected chi connectivity index (χ2v) is 21.0. The standard InChI is InChI=1S/4C12H18N2.2C4H6O6/c4*1-9-7-11(10(2)13-8-9)12-5-4-6-14(12)3;2*5-1(3(7)8)2(6)4(9)10/h4*7-8,12H,4-6H2,1-3H3;2*1-2,5-6H,(H,7,8)(H,9,10)/t4*12-;;/m0000../s1. The summed E-state index contributed by atoms with van der Waals surface area (Å²) >= 11 is 0. The van der Waals surface area contributed by atoms with E-state index < -0.39 is 48.3 Å².